The van der Waals surface area contributed by atoms with Crippen LogP contribution in [0.5, 0.6) is 5.75 Å². The summed E-state index contributed by atoms with van der Waals surface area (Å²) in [5, 5.41) is 0.717. The summed E-state index contributed by atoms with van der Waals surface area (Å²) in [6.45, 7) is 8.74. The van der Waals surface area contributed by atoms with Crippen molar-refractivity contribution >= 4 is 17.5 Å². The van der Waals surface area contributed by atoms with Gasteiger partial charge in [0.25, 0.3) is 0 Å². The van der Waals surface area contributed by atoms with E-state index in [0.29, 0.717) is 17.5 Å². The second-order valence-corrected chi connectivity index (χ2v) is 8.78. The van der Waals surface area contributed by atoms with E-state index >= 15 is 0 Å². The van der Waals surface area contributed by atoms with E-state index in [0.717, 1.165) is 62.4 Å². The second-order valence-electron chi connectivity index (χ2n) is 8.34. The first kappa shape index (κ1) is 24.6. The Hall–Kier alpha value is -2.08. The molecule has 3 rings (SSSR count). The summed E-state index contributed by atoms with van der Waals surface area (Å²) in [7, 11) is 1.67. The molecule has 1 saturated heterocycles. The average Bonchev–Trinajstić information content (AvgIpc) is 2.83. The number of hydrogen-bond donors (Lipinski definition) is 0. The number of carbonyl (C=O) groups excluding carboxylic acids is 1. The summed E-state index contributed by atoms with van der Waals surface area (Å²) in [6.07, 6.45) is 1.73. The first-order valence-corrected chi connectivity index (χ1v) is 11.9. The van der Waals surface area contributed by atoms with Crippen LogP contribution in [0.4, 0.5) is 0 Å². The number of nitrogens with zero attached hydrogens (tertiary/aromatic N) is 2. The van der Waals surface area contributed by atoms with Crippen molar-refractivity contribution in [1.82, 2.24) is 9.80 Å². The van der Waals surface area contributed by atoms with Gasteiger partial charge in [0.05, 0.1) is 19.8 Å². The summed E-state index contributed by atoms with van der Waals surface area (Å²) in [6, 6.07) is 15.8. The van der Waals surface area contributed by atoms with Gasteiger partial charge in [-0.2, -0.15) is 0 Å². The van der Waals surface area contributed by atoms with Gasteiger partial charge in [0.1, 0.15) is 5.75 Å². The molecule has 32 heavy (non-hydrogen) atoms. The smallest absolute Gasteiger partial charge is 0.225 e. The van der Waals surface area contributed by atoms with Gasteiger partial charge in [0, 0.05) is 43.7 Å². The Bertz CT molecular complexity index is 846. The van der Waals surface area contributed by atoms with Crippen molar-refractivity contribution in [1.29, 1.82) is 0 Å². The highest BCUT2D eigenvalue weighted by molar-refractivity contribution is 6.30. The molecule has 0 aromatic heterocycles. The van der Waals surface area contributed by atoms with Gasteiger partial charge < -0.3 is 14.4 Å². The fourth-order valence-electron chi connectivity index (χ4n) is 4.17. The van der Waals surface area contributed by atoms with Crippen molar-refractivity contribution in [3.05, 3.63) is 64.7 Å². The van der Waals surface area contributed by atoms with Crippen LogP contribution in [0.3, 0.4) is 0 Å². The first-order valence-electron chi connectivity index (χ1n) is 11.5. The van der Waals surface area contributed by atoms with Crippen molar-refractivity contribution in [2.75, 3.05) is 39.8 Å². The van der Waals surface area contributed by atoms with Crippen molar-refractivity contribution < 1.29 is 14.3 Å². The van der Waals surface area contributed by atoms with Crippen LogP contribution in [0.1, 0.15) is 43.9 Å². The molecular weight excluding hydrogens is 424 g/mol. The normalized spacial score (nSPS) is 15.7. The number of carbonyl (C=O) groups is 1. The van der Waals surface area contributed by atoms with Crippen LogP contribution in [0.2, 0.25) is 5.02 Å². The van der Waals surface area contributed by atoms with E-state index in [-0.39, 0.29) is 12.0 Å². The molecule has 2 aromatic rings. The maximum absolute atomic E-state index is 12.7. The maximum atomic E-state index is 12.7. The van der Waals surface area contributed by atoms with E-state index in [1.165, 1.54) is 0 Å². The third kappa shape index (κ3) is 6.71. The van der Waals surface area contributed by atoms with E-state index in [4.69, 9.17) is 21.1 Å². The van der Waals surface area contributed by atoms with E-state index in [2.05, 4.69) is 18.7 Å². The van der Waals surface area contributed by atoms with Gasteiger partial charge in [0.2, 0.25) is 5.91 Å². The maximum Gasteiger partial charge on any atom is 0.225 e. The Morgan fingerprint density at radius 3 is 2.34 bits per heavy atom. The molecule has 0 N–H and O–H groups in total. The van der Waals surface area contributed by atoms with E-state index in [1.54, 1.807) is 7.11 Å². The monoisotopic (exact) mass is 458 g/mol. The van der Waals surface area contributed by atoms with Crippen LogP contribution in [0, 0.1) is 5.92 Å². The summed E-state index contributed by atoms with van der Waals surface area (Å²) in [4.78, 5) is 17.1. The number of amides is 1. The fourth-order valence-corrected chi connectivity index (χ4v) is 4.30. The van der Waals surface area contributed by atoms with Gasteiger partial charge >= 0.3 is 0 Å². The molecule has 2 aromatic carbocycles. The van der Waals surface area contributed by atoms with Crippen LogP contribution in [0.25, 0.3) is 0 Å². The lowest BCUT2D eigenvalue weighted by molar-refractivity contribution is -0.137. The quantitative estimate of drug-likeness (QED) is 0.491. The average molecular weight is 459 g/mol. The number of halogens is 1. The molecule has 0 radical (unpaired) electrons. The second kappa shape index (κ2) is 12.2. The standard InChI is InChI=1S/C26H35ClN2O3/c1-4-21(5-2)26(30)29-15-13-28(14-16-29)18-25(22-9-11-23(27)12-10-22)32-19-20-7-6-8-24(17-20)31-3/h6-12,17,21,25H,4-5,13-16,18-19H2,1-3H3. The van der Waals surface area contributed by atoms with Gasteiger partial charge in [-0.05, 0) is 48.2 Å². The van der Waals surface area contributed by atoms with Gasteiger partial charge in [-0.15, -0.1) is 0 Å². The molecule has 5 nitrogen and oxygen atoms in total. The minimum Gasteiger partial charge on any atom is -0.497 e. The van der Waals surface area contributed by atoms with Gasteiger partial charge in [-0.1, -0.05) is 49.7 Å². The molecule has 1 amide bonds. The van der Waals surface area contributed by atoms with Crippen LogP contribution in [0.15, 0.2) is 48.5 Å². The zero-order chi connectivity index (χ0) is 22.9. The fraction of sp³-hybridized carbons (Fsp3) is 0.500. The molecular formula is C26H35ClN2O3. The van der Waals surface area contributed by atoms with E-state index in [1.807, 2.05) is 53.4 Å². The third-order valence-corrected chi connectivity index (χ3v) is 6.52. The molecule has 1 atom stereocenters. The van der Waals surface area contributed by atoms with E-state index in [9.17, 15) is 4.79 Å². The summed E-state index contributed by atoms with van der Waals surface area (Å²) in [5.74, 6) is 1.28. The van der Waals surface area contributed by atoms with Crippen LogP contribution in [-0.4, -0.2) is 55.5 Å². The van der Waals surface area contributed by atoms with Crippen LogP contribution < -0.4 is 4.74 Å². The predicted octanol–water partition coefficient (Wildman–Crippen LogP) is 5.19. The lowest BCUT2D eigenvalue weighted by Gasteiger charge is -2.37. The van der Waals surface area contributed by atoms with Crippen molar-refractivity contribution in [2.45, 2.75) is 39.4 Å². The molecule has 1 heterocycles. The summed E-state index contributed by atoms with van der Waals surface area (Å²) in [5.41, 5.74) is 2.18. The SMILES string of the molecule is CCC(CC)C(=O)N1CCN(CC(OCc2cccc(OC)c2)c2ccc(Cl)cc2)CC1. The Balaban J connectivity index is 1.63. The molecule has 1 unspecified atom stereocenters. The molecule has 0 bridgehead atoms. The largest absolute Gasteiger partial charge is 0.497 e. The highest BCUT2D eigenvalue weighted by atomic mass is 35.5. The van der Waals surface area contributed by atoms with Crippen molar-refractivity contribution in [3.63, 3.8) is 0 Å². The zero-order valence-electron chi connectivity index (χ0n) is 19.4. The first-order chi connectivity index (χ1) is 15.5. The highest BCUT2D eigenvalue weighted by Gasteiger charge is 2.27. The number of methoxy groups -OCH3 is 1. The van der Waals surface area contributed by atoms with Gasteiger partial charge in [-0.3, -0.25) is 9.69 Å². The third-order valence-electron chi connectivity index (χ3n) is 6.27. The Labute approximate surface area is 197 Å². The predicted molar refractivity (Wildman–Crippen MR) is 129 cm³/mol. The topological polar surface area (TPSA) is 42.0 Å². The molecule has 6 heteroatoms. The van der Waals surface area contributed by atoms with Crippen LogP contribution in [-0.2, 0) is 16.1 Å². The molecule has 1 aliphatic heterocycles. The minimum absolute atomic E-state index is 0.0836. The number of piperazine rings is 1. The minimum atomic E-state index is -0.0836. The lowest BCUT2D eigenvalue weighted by Crippen LogP contribution is -2.51. The van der Waals surface area contributed by atoms with Gasteiger partial charge in [0.15, 0.2) is 0 Å². The Morgan fingerprint density at radius 1 is 1.03 bits per heavy atom. The van der Waals surface area contributed by atoms with E-state index < -0.39 is 0 Å². The Kier molecular flexibility index (Phi) is 9.39. The lowest BCUT2D eigenvalue weighted by atomic mass is 10.0. The molecule has 174 valence electrons. The van der Waals surface area contributed by atoms with Gasteiger partial charge in [-0.25, -0.2) is 0 Å². The summed E-state index contributed by atoms with van der Waals surface area (Å²) >= 11 is 6.11. The molecule has 0 aliphatic carbocycles. The molecule has 0 spiro atoms. The van der Waals surface area contributed by atoms with Crippen LogP contribution >= 0.6 is 11.6 Å². The van der Waals surface area contributed by atoms with Crippen molar-refractivity contribution in [3.8, 4) is 5.75 Å². The molecule has 1 fully saturated rings. The number of hydrogen-bond acceptors (Lipinski definition) is 4. The zero-order valence-corrected chi connectivity index (χ0v) is 20.2. The molecule has 1 aliphatic rings. The highest BCUT2D eigenvalue weighted by Crippen LogP contribution is 2.24. The number of ether oxygens (including phenoxy) is 2. The summed E-state index contributed by atoms with van der Waals surface area (Å²) < 4.78 is 11.7. The number of rotatable bonds is 10. The Morgan fingerprint density at radius 2 is 1.72 bits per heavy atom. The van der Waals surface area contributed by atoms with Crippen molar-refractivity contribution in [2.24, 2.45) is 5.92 Å². The number of benzene rings is 2. The molecule has 0 saturated carbocycles.